The van der Waals surface area contributed by atoms with Gasteiger partial charge in [0.15, 0.2) is 0 Å². The number of hydrogen-bond donors (Lipinski definition) is 0. The summed E-state index contributed by atoms with van der Waals surface area (Å²) in [4.78, 5) is 2.57. The summed E-state index contributed by atoms with van der Waals surface area (Å²) in [6.07, 6.45) is 11.6. The van der Waals surface area contributed by atoms with Crippen molar-refractivity contribution in [2.75, 3.05) is 4.90 Å². The normalized spacial score (nSPS) is 22.3. The van der Waals surface area contributed by atoms with Gasteiger partial charge in [-0.3, -0.25) is 0 Å². The van der Waals surface area contributed by atoms with Gasteiger partial charge in [0.25, 0.3) is 0 Å². The third kappa shape index (κ3) is 1.41. The Morgan fingerprint density at radius 1 is 0.875 bits per heavy atom. The number of nitrogens with zero attached hydrogens (tertiary/aromatic N) is 1. The van der Waals surface area contributed by atoms with Crippen molar-refractivity contribution in [2.24, 2.45) is 0 Å². The summed E-state index contributed by atoms with van der Waals surface area (Å²) in [7, 11) is 0. The van der Waals surface area contributed by atoms with Crippen LogP contribution < -0.4 is 4.90 Å². The van der Waals surface area contributed by atoms with Crippen molar-refractivity contribution in [3.05, 3.63) is 101 Å². The first-order valence-corrected chi connectivity index (χ1v) is 8.72. The van der Waals surface area contributed by atoms with Crippen molar-refractivity contribution in [2.45, 2.75) is 18.9 Å². The molecule has 2 aromatic carbocycles. The van der Waals surface area contributed by atoms with Crippen LogP contribution in [0.1, 0.15) is 24.4 Å². The minimum atomic E-state index is 0.311. The monoisotopic (exact) mass is 307 g/mol. The lowest BCUT2D eigenvalue weighted by Crippen LogP contribution is -2.36. The van der Waals surface area contributed by atoms with Gasteiger partial charge in [-0.2, -0.15) is 0 Å². The zero-order chi connectivity index (χ0) is 15.7. The van der Waals surface area contributed by atoms with E-state index in [9.17, 15) is 0 Å². The number of fused-ring (bicyclic) bond motifs is 10. The molecule has 0 saturated heterocycles. The van der Waals surface area contributed by atoms with Gasteiger partial charge < -0.3 is 4.90 Å². The van der Waals surface area contributed by atoms with Gasteiger partial charge in [0.1, 0.15) is 0 Å². The second-order valence-electron chi connectivity index (χ2n) is 6.86. The second-order valence-corrected chi connectivity index (χ2v) is 6.86. The van der Waals surface area contributed by atoms with Gasteiger partial charge in [-0.05, 0) is 52.8 Å². The number of rotatable bonds is 0. The van der Waals surface area contributed by atoms with E-state index in [1.807, 2.05) is 0 Å². The van der Waals surface area contributed by atoms with Crippen molar-refractivity contribution in [3.63, 3.8) is 0 Å². The minimum absolute atomic E-state index is 0.311. The highest BCUT2D eigenvalue weighted by Crippen LogP contribution is 2.56. The van der Waals surface area contributed by atoms with Crippen LogP contribution in [-0.4, -0.2) is 0 Å². The fraction of sp³-hybridized carbons (Fsp3) is 0.130. The van der Waals surface area contributed by atoms with Crippen LogP contribution in [0.3, 0.4) is 0 Å². The second kappa shape index (κ2) is 4.39. The first-order chi connectivity index (χ1) is 11.9. The van der Waals surface area contributed by atoms with Crippen molar-refractivity contribution >= 4 is 5.69 Å². The lowest BCUT2D eigenvalue weighted by Gasteiger charge is -2.45. The molecule has 0 aromatic heterocycles. The van der Waals surface area contributed by atoms with Crippen molar-refractivity contribution in [3.8, 4) is 11.1 Å². The van der Waals surface area contributed by atoms with Crippen LogP contribution in [0.5, 0.6) is 0 Å². The van der Waals surface area contributed by atoms with Crippen LogP contribution in [-0.2, 0) is 0 Å². The third-order valence-corrected chi connectivity index (χ3v) is 5.72. The number of allylic oxidation sites excluding steroid dienone is 5. The summed E-state index contributed by atoms with van der Waals surface area (Å²) < 4.78 is 0. The molecule has 1 nitrogen and oxygen atoms in total. The molecular formula is C23H17N. The van der Waals surface area contributed by atoms with E-state index in [1.54, 1.807) is 0 Å². The Morgan fingerprint density at radius 2 is 1.71 bits per heavy atom. The molecule has 1 heteroatoms. The predicted molar refractivity (Wildman–Crippen MR) is 98.7 cm³/mol. The van der Waals surface area contributed by atoms with E-state index in [0.717, 1.165) is 12.8 Å². The van der Waals surface area contributed by atoms with Crippen LogP contribution in [0, 0.1) is 0 Å². The first kappa shape index (κ1) is 12.6. The van der Waals surface area contributed by atoms with E-state index in [4.69, 9.17) is 0 Å². The standard InChI is InChI=1S/C23H17N/c1-2-9-19-15(7-1)17-8-3-4-13-21(17)24-22-14-6-11-18(22)16-10-5-12-20(16)23(19)24/h1-4,6-10,12-14,23H,5,11H2. The van der Waals surface area contributed by atoms with Crippen LogP contribution in [0.2, 0.25) is 0 Å². The molecule has 2 aliphatic heterocycles. The quantitative estimate of drug-likeness (QED) is 0.603. The summed E-state index contributed by atoms with van der Waals surface area (Å²) in [5.41, 5.74) is 11.4. The summed E-state index contributed by atoms with van der Waals surface area (Å²) in [5.74, 6) is 0. The molecule has 0 N–H and O–H groups in total. The van der Waals surface area contributed by atoms with E-state index < -0.39 is 0 Å². The van der Waals surface area contributed by atoms with Gasteiger partial charge in [-0.1, -0.05) is 60.7 Å². The van der Waals surface area contributed by atoms with Crippen molar-refractivity contribution in [1.82, 2.24) is 0 Å². The molecule has 0 fully saturated rings. The average molecular weight is 307 g/mol. The van der Waals surface area contributed by atoms with Gasteiger partial charge in [0.05, 0.1) is 6.04 Å². The molecule has 0 bridgehead atoms. The number of benzene rings is 2. The highest BCUT2D eigenvalue weighted by Gasteiger charge is 2.42. The third-order valence-electron chi connectivity index (χ3n) is 5.72. The van der Waals surface area contributed by atoms with Gasteiger partial charge in [-0.15, -0.1) is 0 Å². The zero-order valence-corrected chi connectivity index (χ0v) is 13.4. The highest BCUT2D eigenvalue weighted by molar-refractivity contribution is 5.90. The van der Waals surface area contributed by atoms with E-state index >= 15 is 0 Å². The maximum atomic E-state index is 2.57. The van der Waals surface area contributed by atoms with E-state index in [2.05, 4.69) is 77.7 Å². The maximum absolute atomic E-state index is 2.57. The summed E-state index contributed by atoms with van der Waals surface area (Å²) in [6, 6.07) is 18.1. The Kier molecular flexibility index (Phi) is 2.30. The smallest absolute Gasteiger partial charge is 0.0854 e. The summed E-state index contributed by atoms with van der Waals surface area (Å²) in [5, 5.41) is 0. The van der Waals surface area contributed by atoms with E-state index in [1.165, 1.54) is 44.8 Å². The maximum Gasteiger partial charge on any atom is 0.0854 e. The topological polar surface area (TPSA) is 3.24 Å². The number of hydrogen-bond acceptors (Lipinski definition) is 1. The van der Waals surface area contributed by atoms with Crippen molar-refractivity contribution in [1.29, 1.82) is 0 Å². The molecule has 24 heavy (non-hydrogen) atoms. The van der Waals surface area contributed by atoms with Crippen LogP contribution in [0.25, 0.3) is 11.1 Å². The minimum Gasteiger partial charge on any atom is -0.329 e. The Balaban J connectivity index is 1.74. The van der Waals surface area contributed by atoms with Gasteiger partial charge in [0, 0.05) is 16.9 Å². The summed E-state index contributed by atoms with van der Waals surface area (Å²) in [6.45, 7) is 0. The Labute approximate surface area is 141 Å². The Bertz CT molecular complexity index is 1020. The molecule has 4 aliphatic rings. The first-order valence-electron chi connectivity index (χ1n) is 8.72. The average Bonchev–Trinajstić information content (AvgIpc) is 3.30. The van der Waals surface area contributed by atoms with Crippen molar-refractivity contribution < 1.29 is 0 Å². The molecule has 0 spiro atoms. The predicted octanol–water partition coefficient (Wildman–Crippen LogP) is 5.70. The Morgan fingerprint density at radius 3 is 2.67 bits per heavy atom. The SMILES string of the molecule is C1=CC2=C(C1)C1=CCC=C1C1c3ccccc3-c3ccccc3N21. The zero-order valence-electron chi connectivity index (χ0n) is 13.4. The fourth-order valence-electron chi connectivity index (χ4n) is 4.80. The largest absolute Gasteiger partial charge is 0.329 e. The van der Waals surface area contributed by atoms with Crippen LogP contribution in [0.15, 0.2) is 95.3 Å². The highest BCUT2D eigenvalue weighted by atomic mass is 15.2. The molecule has 2 heterocycles. The Hall–Kier alpha value is -2.80. The van der Waals surface area contributed by atoms with Gasteiger partial charge in [0.2, 0.25) is 0 Å². The molecule has 2 aliphatic carbocycles. The van der Waals surface area contributed by atoms with Gasteiger partial charge in [-0.25, -0.2) is 0 Å². The molecule has 0 radical (unpaired) electrons. The lowest BCUT2D eigenvalue weighted by molar-refractivity contribution is 0.752. The van der Waals surface area contributed by atoms with E-state index in [0.29, 0.717) is 6.04 Å². The summed E-state index contributed by atoms with van der Waals surface area (Å²) >= 11 is 0. The molecule has 1 atom stereocenters. The molecule has 1 unspecified atom stereocenters. The van der Waals surface area contributed by atoms with E-state index in [-0.39, 0.29) is 0 Å². The molecular weight excluding hydrogens is 290 g/mol. The lowest BCUT2D eigenvalue weighted by atomic mass is 9.78. The molecule has 2 aromatic rings. The molecule has 0 saturated carbocycles. The fourth-order valence-corrected chi connectivity index (χ4v) is 4.80. The van der Waals surface area contributed by atoms with Crippen LogP contribution in [0.4, 0.5) is 5.69 Å². The number of para-hydroxylation sites is 1. The molecule has 114 valence electrons. The molecule has 6 rings (SSSR count). The molecule has 0 amide bonds. The van der Waals surface area contributed by atoms with Crippen LogP contribution >= 0.6 is 0 Å². The van der Waals surface area contributed by atoms with Gasteiger partial charge >= 0.3 is 0 Å². The number of anilines is 1.